The summed E-state index contributed by atoms with van der Waals surface area (Å²) in [6.45, 7) is 1.43. The summed E-state index contributed by atoms with van der Waals surface area (Å²) in [4.78, 5) is 15.6. The van der Waals surface area contributed by atoms with Gasteiger partial charge in [-0.25, -0.2) is 4.98 Å². The highest BCUT2D eigenvalue weighted by Gasteiger charge is 2.13. The summed E-state index contributed by atoms with van der Waals surface area (Å²) >= 11 is 17.9. The Morgan fingerprint density at radius 3 is 2.28 bits per heavy atom. The summed E-state index contributed by atoms with van der Waals surface area (Å²) in [5.74, 6) is -0.163. The summed E-state index contributed by atoms with van der Waals surface area (Å²) < 4.78 is 0. The number of rotatable bonds is 2. The zero-order valence-corrected chi connectivity index (χ0v) is 11.6. The van der Waals surface area contributed by atoms with Gasteiger partial charge < -0.3 is 0 Å². The molecule has 0 bridgehead atoms. The van der Waals surface area contributed by atoms with E-state index < -0.39 is 0 Å². The highest BCUT2D eigenvalue weighted by molar-refractivity contribution is 6.43. The topological polar surface area (TPSA) is 30.0 Å². The highest BCUT2D eigenvalue weighted by atomic mass is 35.5. The fourth-order valence-corrected chi connectivity index (χ4v) is 2.00. The van der Waals surface area contributed by atoms with E-state index in [1.807, 2.05) is 0 Å². The molecule has 0 unspecified atom stereocenters. The predicted octanol–water partition coefficient (Wildman–Crippen LogP) is 4.91. The Morgan fingerprint density at radius 2 is 1.72 bits per heavy atom. The second-order valence-electron chi connectivity index (χ2n) is 3.71. The number of hydrogen-bond donors (Lipinski definition) is 0. The molecule has 2 rings (SSSR count). The molecule has 0 aliphatic heterocycles. The number of hydrogen-bond acceptors (Lipinski definition) is 2. The van der Waals surface area contributed by atoms with Gasteiger partial charge in [0.2, 0.25) is 0 Å². The van der Waals surface area contributed by atoms with Gasteiger partial charge in [0.1, 0.15) is 5.69 Å². The van der Waals surface area contributed by atoms with Crippen molar-refractivity contribution < 1.29 is 4.79 Å². The van der Waals surface area contributed by atoms with E-state index in [0.717, 1.165) is 5.56 Å². The van der Waals surface area contributed by atoms with Gasteiger partial charge in [-0.1, -0.05) is 46.9 Å². The molecule has 0 aliphatic carbocycles. The number of ketones is 1. The van der Waals surface area contributed by atoms with Crippen molar-refractivity contribution in [1.29, 1.82) is 0 Å². The van der Waals surface area contributed by atoms with Gasteiger partial charge in [-0.15, -0.1) is 0 Å². The molecule has 0 amide bonds. The van der Waals surface area contributed by atoms with Crippen molar-refractivity contribution in [3.05, 3.63) is 51.1 Å². The summed E-state index contributed by atoms with van der Waals surface area (Å²) in [6, 6.07) is 8.46. The van der Waals surface area contributed by atoms with Crippen molar-refractivity contribution in [2.45, 2.75) is 6.92 Å². The molecule has 0 saturated carbocycles. The average Bonchev–Trinajstić information content (AvgIpc) is 2.33. The maximum Gasteiger partial charge on any atom is 0.178 e. The van der Waals surface area contributed by atoms with Crippen LogP contribution < -0.4 is 0 Å². The van der Waals surface area contributed by atoms with Gasteiger partial charge in [-0.2, -0.15) is 0 Å². The van der Waals surface area contributed by atoms with Gasteiger partial charge in [0.15, 0.2) is 5.78 Å². The third-order valence-electron chi connectivity index (χ3n) is 2.39. The number of aromatic nitrogens is 1. The number of benzene rings is 1. The van der Waals surface area contributed by atoms with Crippen LogP contribution in [0.25, 0.3) is 11.3 Å². The van der Waals surface area contributed by atoms with Crippen molar-refractivity contribution in [1.82, 2.24) is 4.98 Å². The third-order valence-corrected chi connectivity index (χ3v) is 3.42. The van der Waals surface area contributed by atoms with Crippen molar-refractivity contribution >= 4 is 40.6 Å². The van der Waals surface area contributed by atoms with E-state index in [2.05, 4.69) is 4.98 Å². The Morgan fingerprint density at radius 1 is 1.11 bits per heavy atom. The predicted molar refractivity (Wildman–Crippen MR) is 74.7 cm³/mol. The molecule has 0 aliphatic rings. The molecule has 0 radical (unpaired) electrons. The minimum atomic E-state index is -0.163. The zero-order chi connectivity index (χ0) is 13.3. The first-order valence-corrected chi connectivity index (χ1v) is 6.25. The van der Waals surface area contributed by atoms with Crippen molar-refractivity contribution in [3.63, 3.8) is 0 Å². The van der Waals surface area contributed by atoms with Crippen LogP contribution in [0.15, 0.2) is 30.3 Å². The lowest BCUT2D eigenvalue weighted by Crippen LogP contribution is -1.99. The third kappa shape index (κ3) is 2.66. The van der Waals surface area contributed by atoms with E-state index in [9.17, 15) is 4.79 Å². The van der Waals surface area contributed by atoms with E-state index >= 15 is 0 Å². The Bertz CT molecular complexity index is 608. The van der Waals surface area contributed by atoms with Gasteiger partial charge in [0.05, 0.1) is 15.7 Å². The largest absolute Gasteiger partial charge is 0.293 e. The van der Waals surface area contributed by atoms with E-state index in [4.69, 9.17) is 34.8 Å². The number of nitrogens with zero attached hydrogens (tertiary/aromatic N) is 1. The molecule has 0 saturated heterocycles. The first kappa shape index (κ1) is 13.3. The monoisotopic (exact) mass is 299 g/mol. The molecule has 0 spiro atoms. The van der Waals surface area contributed by atoms with E-state index in [0.29, 0.717) is 20.8 Å². The van der Waals surface area contributed by atoms with Gasteiger partial charge in [0, 0.05) is 17.5 Å². The molecule has 1 aromatic carbocycles. The standard InChI is InChI=1S/C13H8Cl3NO/c1-7(18)11-6-10(15)12(16)13(17-11)8-2-4-9(14)5-3-8/h2-6H,1H3. The molecule has 5 heteroatoms. The van der Waals surface area contributed by atoms with Crippen LogP contribution in [0.3, 0.4) is 0 Å². The minimum absolute atomic E-state index is 0.163. The summed E-state index contributed by atoms with van der Waals surface area (Å²) in [6.07, 6.45) is 0. The second kappa shape index (κ2) is 5.27. The second-order valence-corrected chi connectivity index (χ2v) is 4.94. The summed E-state index contributed by atoms with van der Waals surface area (Å²) in [5, 5.41) is 1.24. The Hall–Kier alpha value is -1.09. The molecule has 0 atom stereocenters. The lowest BCUT2D eigenvalue weighted by molar-refractivity contribution is 0.101. The Balaban J connectivity index is 2.62. The van der Waals surface area contributed by atoms with Gasteiger partial charge in [-0.05, 0) is 18.2 Å². The number of pyridine rings is 1. The molecule has 92 valence electrons. The maximum absolute atomic E-state index is 11.4. The first-order chi connectivity index (χ1) is 8.49. The highest BCUT2D eigenvalue weighted by Crippen LogP contribution is 2.33. The minimum Gasteiger partial charge on any atom is -0.293 e. The van der Waals surface area contributed by atoms with Crippen LogP contribution in [0.2, 0.25) is 15.1 Å². The van der Waals surface area contributed by atoms with E-state index in [1.54, 1.807) is 24.3 Å². The molecule has 2 nitrogen and oxygen atoms in total. The molecule has 2 aromatic rings. The maximum atomic E-state index is 11.4. The molecular formula is C13H8Cl3NO. The SMILES string of the molecule is CC(=O)c1cc(Cl)c(Cl)c(-c2ccc(Cl)cc2)n1. The quantitative estimate of drug-likeness (QED) is 0.737. The molecule has 0 N–H and O–H groups in total. The molecule has 1 heterocycles. The van der Waals surface area contributed by atoms with Crippen LogP contribution >= 0.6 is 34.8 Å². The van der Waals surface area contributed by atoms with Crippen LogP contribution in [-0.4, -0.2) is 10.8 Å². The fourth-order valence-electron chi connectivity index (χ4n) is 1.48. The van der Waals surface area contributed by atoms with Gasteiger partial charge >= 0.3 is 0 Å². The smallest absolute Gasteiger partial charge is 0.178 e. The van der Waals surface area contributed by atoms with Crippen molar-refractivity contribution in [2.75, 3.05) is 0 Å². The van der Waals surface area contributed by atoms with E-state index in [1.165, 1.54) is 13.0 Å². The number of carbonyl (C=O) groups excluding carboxylic acids is 1. The lowest BCUT2D eigenvalue weighted by Gasteiger charge is -2.07. The van der Waals surface area contributed by atoms with Crippen LogP contribution in [0.1, 0.15) is 17.4 Å². The van der Waals surface area contributed by atoms with Gasteiger partial charge in [0.25, 0.3) is 0 Å². The molecule has 0 fully saturated rings. The molecule has 18 heavy (non-hydrogen) atoms. The van der Waals surface area contributed by atoms with E-state index in [-0.39, 0.29) is 11.5 Å². The Labute approximate surface area is 120 Å². The molecule has 1 aromatic heterocycles. The van der Waals surface area contributed by atoms with Crippen molar-refractivity contribution in [2.24, 2.45) is 0 Å². The zero-order valence-electron chi connectivity index (χ0n) is 9.38. The Kier molecular flexibility index (Phi) is 3.91. The van der Waals surface area contributed by atoms with Crippen LogP contribution in [-0.2, 0) is 0 Å². The van der Waals surface area contributed by atoms with Crippen LogP contribution in [0.5, 0.6) is 0 Å². The number of halogens is 3. The normalized spacial score (nSPS) is 10.4. The lowest BCUT2D eigenvalue weighted by atomic mass is 10.1. The van der Waals surface area contributed by atoms with Crippen LogP contribution in [0, 0.1) is 0 Å². The fraction of sp³-hybridized carbons (Fsp3) is 0.0769. The summed E-state index contributed by atoms with van der Waals surface area (Å²) in [5.41, 5.74) is 1.52. The van der Waals surface area contributed by atoms with Crippen LogP contribution in [0.4, 0.5) is 0 Å². The number of carbonyl (C=O) groups is 1. The summed E-state index contributed by atoms with van der Waals surface area (Å²) in [7, 11) is 0. The average molecular weight is 301 g/mol. The van der Waals surface area contributed by atoms with Crippen molar-refractivity contribution in [3.8, 4) is 11.3 Å². The van der Waals surface area contributed by atoms with Gasteiger partial charge in [-0.3, -0.25) is 4.79 Å². The first-order valence-electron chi connectivity index (χ1n) is 5.12. The molecular weight excluding hydrogens is 293 g/mol. The number of Topliss-reactive ketones (excluding diaryl/α,β-unsaturated/α-hetero) is 1.